The number of halogens is 1. The molecule has 0 bridgehead atoms. The summed E-state index contributed by atoms with van der Waals surface area (Å²) in [7, 11) is 2.86. The van der Waals surface area contributed by atoms with Crippen molar-refractivity contribution in [2.75, 3.05) is 43.0 Å². The molecule has 12 nitrogen and oxygen atoms in total. The number of Topliss-reactive ketones (excluding diaryl/α,β-unsaturated/α-hetero) is 1. The van der Waals surface area contributed by atoms with Gasteiger partial charge in [0.05, 0.1) is 36.8 Å². The first-order valence-corrected chi connectivity index (χ1v) is 16.2. The van der Waals surface area contributed by atoms with Gasteiger partial charge in [0.25, 0.3) is 11.8 Å². The molecule has 2 aromatic heterocycles. The van der Waals surface area contributed by atoms with Crippen LogP contribution in [0.15, 0.2) is 35.9 Å². The highest BCUT2D eigenvalue weighted by molar-refractivity contribution is 6.19. The number of aromatic nitrogens is 2. The second-order valence-corrected chi connectivity index (χ2v) is 12.9. The zero-order valence-electron chi connectivity index (χ0n) is 26.7. The Morgan fingerprint density at radius 3 is 2.45 bits per heavy atom. The maximum atomic E-state index is 14.2. The molecule has 3 aliphatic rings. The van der Waals surface area contributed by atoms with E-state index in [-0.39, 0.29) is 76.8 Å². The third-order valence-corrected chi connectivity index (χ3v) is 10.3. The molecule has 0 saturated heterocycles. The third-order valence-electron chi connectivity index (χ3n) is 9.90. The van der Waals surface area contributed by atoms with Crippen molar-refractivity contribution >= 4 is 68.5 Å². The number of nitrogens with zero attached hydrogens (tertiary/aromatic N) is 2. The number of hydrogen-bond donors (Lipinski definition) is 5. The molecule has 0 radical (unpaired) electrons. The average molecular weight is 683 g/mol. The number of aromatic hydroxyl groups is 3. The summed E-state index contributed by atoms with van der Waals surface area (Å²) in [6.45, 7) is 2.01. The molecule has 5 N–H and O–H groups in total. The van der Waals surface area contributed by atoms with Gasteiger partial charge in [-0.3, -0.25) is 14.4 Å². The minimum absolute atomic E-state index is 0.0494. The molecule has 5 aromatic rings. The van der Waals surface area contributed by atoms with Crippen molar-refractivity contribution in [3.05, 3.63) is 69.5 Å². The van der Waals surface area contributed by atoms with Crippen molar-refractivity contribution in [2.45, 2.75) is 25.7 Å². The Hall–Kier alpha value is -5.62. The van der Waals surface area contributed by atoms with E-state index in [0.29, 0.717) is 63.0 Å². The number of phenols is 3. The number of amides is 2. The van der Waals surface area contributed by atoms with Gasteiger partial charge in [0.15, 0.2) is 28.8 Å². The summed E-state index contributed by atoms with van der Waals surface area (Å²) in [5.41, 5.74) is 5.74. The Balaban J connectivity index is 1.13. The minimum atomic E-state index is -0.341. The molecule has 49 heavy (non-hydrogen) atoms. The van der Waals surface area contributed by atoms with Gasteiger partial charge in [-0.15, -0.1) is 11.6 Å². The van der Waals surface area contributed by atoms with Crippen LogP contribution < -0.4 is 19.3 Å². The second kappa shape index (κ2) is 11.0. The Kier molecular flexibility index (Phi) is 6.86. The van der Waals surface area contributed by atoms with E-state index >= 15 is 0 Å². The maximum Gasteiger partial charge on any atom is 0.274 e. The summed E-state index contributed by atoms with van der Waals surface area (Å²) in [5.74, 6) is -0.820. The van der Waals surface area contributed by atoms with E-state index in [9.17, 15) is 29.7 Å². The molecular weight excluding hydrogens is 652 g/mol. The van der Waals surface area contributed by atoms with Crippen molar-refractivity contribution < 1.29 is 39.2 Å². The molecule has 0 saturated carbocycles. The fourth-order valence-corrected chi connectivity index (χ4v) is 7.89. The summed E-state index contributed by atoms with van der Waals surface area (Å²) in [6.07, 6.45) is 2.31. The topological polar surface area (TPSA) is 168 Å². The van der Waals surface area contributed by atoms with Gasteiger partial charge in [-0.1, -0.05) is 0 Å². The monoisotopic (exact) mass is 682 g/mol. The smallest absolute Gasteiger partial charge is 0.274 e. The van der Waals surface area contributed by atoms with Crippen LogP contribution in [-0.4, -0.2) is 76.1 Å². The lowest BCUT2D eigenvalue weighted by atomic mass is 9.93. The number of ketones is 1. The molecule has 1 unspecified atom stereocenters. The molecule has 2 amide bonds. The number of ether oxygens (including phenoxy) is 2. The van der Waals surface area contributed by atoms with Gasteiger partial charge >= 0.3 is 0 Å². The number of phenolic OH excluding ortho intramolecular Hbond substituents is 3. The number of anilines is 2. The number of benzene rings is 3. The van der Waals surface area contributed by atoms with E-state index in [1.54, 1.807) is 29.2 Å². The molecule has 0 fully saturated rings. The van der Waals surface area contributed by atoms with E-state index in [4.69, 9.17) is 21.1 Å². The highest BCUT2D eigenvalue weighted by Crippen LogP contribution is 2.51. The Morgan fingerprint density at radius 1 is 0.939 bits per heavy atom. The first kappa shape index (κ1) is 30.7. The van der Waals surface area contributed by atoms with Crippen molar-refractivity contribution in [3.8, 4) is 28.7 Å². The van der Waals surface area contributed by atoms with E-state index in [1.165, 1.54) is 38.2 Å². The minimum Gasteiger partial charge on any atom is -0.507 e. The lowest BCUT2D eigenvalue weighted by Crippen LogP contribution is -2.30. The van der Waals surface area contributed by atoms with Gasteiger partial charge in [-0.25, -0.2) is 0 Å². The molecule has 1 aliphatic carbocycles. The number of aromatic amines is 2. The van der Waals surface area contributed by atoms with Gasteiger partial charge in [-0.2, -0.15) is 0 Å². The number of alkyl halides is 1. The number of carbonyl (C=O) groups is 3. The summed E-state index contributed by atoms with van der Waals surface area (Å²) >= 11 is 6.48. The zero-order chi connectivity index (χ0) is 34.5. The van der Waals surface area contributed by atoms with Crippen molar-refractivity contribution in [1.82, 2.24) is 9.97 Å². The first-order valence-electron chi connectivity index (χ1n) is 15.7. The molecule has 0 spiro atoms. The number of rotatable bonds is 6. The predicted octanol–water partition coefficient (Wildman–Crippen LogP) is 5.50. The Bertz CT molecular complexity index is 2340. The fraction of sp³-hybridized carbons (Fsp3) is 0.250. The number of carbonyl (C=O) groups excluding carboxylic acids is 3. The molecular formula is C36H31ClN4O8. The molecule has 250 valence electrons. The van der Waals surface area contributed by atoms with Crippen molar-refractivity contribution in [3.63, 3.8) is 0 Å². The Morgan fingerprint density at radius 2 is 1.73 bits per heavy atom. The van der Waals surface area contributed by atoms with E-state index in [0.717, 1.165) is 16.7 Å². The molecule has 3 aromatic carbocycles. The van der Waals surface area contributed by atoms with Gasteiger partial charge < -0.3 is 44.6 Å². The predicted molar refractivity (Wildman–Crippen MR) is 184 cm³/mol. The Labute approximate surface area is 284 Å². The van der Waals surface area contributed by atoms with Crippen LogP contribution in [0.1, 0.15) is 56.1 Å². The molecule has 8 rings (SSSR count). The van der Waals surface area contributed by atoms with Crippen LogP contribution in [0.2, 0.25) is 0 Å². The first-order chi connectivity index (χ1) is 23.5. The van der Waals surface area contributed by atoms with Crippen LogP contribution in [0.25, 0.3) is 27.9 Å². The number of H-pyrrole nitrogens is 2. The molecule has 13 heteroatoms. The molecule has 1 atom stereocenters. The molecule has 2 aliphatic heterocycles. The summed E-state index contributed by atoms with van der Waals surface area (Å²) in [6, 6.07) is 8.04. The third kappa shape index (κ3) is 4.40. The van der Waals surface area contributed by atoms with Crippen molar-refractivity contribution in [2.24, 2.45) is 0 Å². The molecule has 4 heterocycles. The highest BCUT2D eigenvalue weighted by atomic mass is 35.5. The van der Waals surface area contributed by atoms with Gasteiger partial charge in [0.2, 0.25) is 0 Å². The van der Waals surface area contributed by atoms with Gasteiger partial charge in [0, 0.05) is 77.8 Å². The van der Waals surface area contributed by atoms with E-state index in [1.807, 2.05) is 0 Å². The summed E-state index contributed by atoms with van der Waals surface area (Å²) in [4.78, 5) is 49.5. The number of fused-ring (bicyclic) bond motifs is 7. The quantitative estimate of drug-likeness (QED) is 0.116. The van der Waals surface area contributed by atoms with E-state index < -0.39 is 0 Å². The number of hydrogen-bond acceptors (Lipinski definition) is 8. The zero-order valence-corrected chi connectivity index (χ0v) is 27.5. The van der Waals surface area contributed by atoms with Gasteiger partial charge in [0.1, 0.15) is 11.4 Å². The second-order valence-electron chi connectivity index (χ2n) is 12.6. The van der Waals surface area contributed by atoms with Gasteiger partial charge in [-0.05, 0) is 47.4 Å². The highest BCUT2D eigenvalue weighted by Gasteiger charge is 2.41. The lowest BCUT2D eigenvalue weighted by Gasteiger charge is -2.21. The SMILES string of the molecule is COc1cc2[nH]c(C(=O)N3CC(CCl)c4c3cc(O)c3c4CC(C(=O)N4CCc5c4c(O)c(OC)c4[nH]c(C(C)=O)cc54)=C3)cc2cc1O. The fourth-order valence-electron chi connectivity index (χ4n) is 7.64. The number of methoxy groups -OCH3 is 2. The lowest BCUT2D eigenvalue weighted by molar-refractivity contribution is -0.115. The van der Waals surface area contributed by atoms with Crippen LogP contribution in [0, 0.1) is 0 Å². The largest absolute Gasteiger partial charge is 0.507 e. The maximum absolute atomic E-state index is 14.2. The van der Waals surface area contributed by atoms with Crippen molar-refractivity contribution in [1.29, 1.82) is 0 Å². The standard InChI is InChI=1S/C36H31ClN4O8/c1-15(42)23-10-22-19-4-5-40(32(19)33(45)34(49-3)31(22)39-23)35(46)17-6-20-21(7-17)30-18(13-37)14-41(26(30)12-27(20)43)36(47)25-8-16-9-28(44)29(48-2)11-24(16)38-25/h6,8-12,18,38-39,43-45H,4-5,7,13-14H2,1-3H3. The van der Waals surface area contributed by atoms with Crippen LogP contribution in [-0.2, 0) is 17.6 Å². The van der Waals surface area contributed by atoms with Crippen LogP contribution in [0.5, 0.6) is 28.7 Å². The normalized spacial score (nSPS) is 16.2. The van der Waals surface area contributed by atoms with Crippen LogP contribution in [0.3, 0.4) is 0 Å². The van der Waals surface area contributed by atoms with Crippen LogP contribution in [0.4, 0.5) is 11.4 Å². The summed E-state index contributed by atoms with van der Waals surface area (Å²) in [5, 5.41) is 34.1. The van der Waals surface area contributed by atoms with Crippen LogP contribution >= 0.6 is 11.6 Å². The van der Waals surface area contributed by atoms with E-state index in [2.05, 4.69) is 9.97 Å². The average Bonchev–Trinajstić information content (AvgIpc) is 3.91. The number of nitrogens with one attached hydrogen (secondary N) is 2. The summed E-state index contributed by atoms with van der Waals surface area (Å²) < 4.78 is 10.7.